The fraction of sp³-hybridized carbons (Fsp3) is 0.333. The van der Waals surface area contributed by atoms with Gasteiger partial charge in [-0.2, -0.15) is 0 Å². The van der Waals surface area contributed by atoms with Gasteiger partial charge in [0, 0.05) is 12.1 Å². The highest BCUT2D eigenvalue weighted by atomic mass is 19.2. The van der Waals surface area contributed by atoms with Crippen LogP contribution in [0.2, 0.25) is 0 Å². The topological polar surface area (TPSA) is 147 Å². The molecular formula is C12H12F2N2O6. The number of nitrogens with zero attached hydrogens (tertiary/aromatic N) is 1. The molecule has 0 aliphatic rings. The lowest BCUT2D eigenvalue weighted by atomic mass is 10.0. The lowest BCUT2D eigenvalue weighted by Gasteiger charge is -2.23. The number of fused-ring (bicyclic) bond motifs is 1. The summed E-state index contributed by atoms with van der Waals surface area (Å²) in [6, 6.07) is 1.54. The van der Waals surface area contributed by atoms with Crippen LogP contribution in [0.5, 0.6) is 0 Å². The minimum Gasteiger partial charge on any atom is -0.479 e. The summed E-state index contributed by atoms with van der Waals surface area (Å²) in [4.78, 5) is 16.6. The summed E-state index contributed by atoms with van der Waals surface area (Å²) < 4.78 is 26.1. The number of aliphatic carboxylic acids is 1. The van der Waals surface area contributed by atoms with Gasteiger partial charge in [0.15, 0.2) is 17.7 Å². The van der Waals surface area contributed by atoms with Crippen LogP contribution in [-0.4, -0.2) is 59.8 Å². The predicted molar refractivity (Wildman–Crippen MR) is 66.6 cm³/mol. The zero-order valence-corrected chi connectivity index (χ0v) is 10.8. The number of imidazole rings is 1. The predicted octanol–water partition coefficient (Wildman–Crippen LogP) is -0.958. The minimum absolute atomic E-state index is 0.0217. The Balaban J connectivity index is 2.29. The molecule has 1 aromatic heterocycles. The van der Waals surface area contributed by atoms with Crippen LogP contribution < -0.4 is 0 Å². The van der Waals surface area contributed by atoms with Crippen LogP contribution in [0.1, 0.15) is 11.9 Å². The average Bonchev–Trinajstić information content (AvgIpc) is 2.87. The Morgan fingerprint density at radius 2 is 1.68 bits per heavy atom. The van der Waals surface area contributed by atoms with Crippen molar-refractivity contribution in [3.8, 4) is 0 Å². The van der Waals surface area contributed by atoms with E-state index in [-0.39, 0.29) is 16.9 Å². The van der Waals surface area contributed by atoms with Gasteiger partial charge in [-0.3, -0.25) is 0 Å². The molecule has 6 N–H and O–H groups in total. The molecule has 0 amide bonds. The van der Waals surface area contributed by atoms with Gasteiger partial charge in [0.05, 0.1) is 11.0 Å². The molecule has 2 unspecified atom stereocenters. The molecule has 1 heterocycles. The van der Waals surface area contributed by atoms with E-state index in [1.807, 2.05) is 0 Å². The molecule has 0 aliphatic heterocycles. The van der Waals surface area contributed by atoms with Crippen molar-refractivity contribution in [2.75, 3.05) is 0 Å². The second-order valence-corrected chi connectivity index (χ2v) is 4.61. The minimum atomic E-state index is -2.33. The fourth-order valence-corrected chi connectivity index (χ4v) is 1.85. The van der Waals surface area contributed by atoms with Crippen LogP contribution in [0.4, 0.5) is 8.78 Å². The average molecular weight is 318 g/mol. The van der Waals surface area contributed by atoms with E-state index in [4.69, 9.17) is 10.2 Å². The number of aromatic nitrogens is 2. The number of nitrogens with one attached hydrogen (secondary N) is 1. The molecule has 4 atom stereocenters. The molecule has 0 saturated heterocycles. The largest absolute Gasteiger partial charge is 0.479 e. The van der Waals surface area contributed by atoms with Crippen molar-refractivity contribution >= 4 is 17.0 Å². The van der Waals surface area contributed by atoms with Gasteiger partial charge in [0.25, 0.3) is 0 Å². The van der Waals surface area contributed by atoms with Gasteiger partial charge in [-0.1, -0.05) is 0 Å². The number of aromatic amines is 1. The lowest BCUT2D eigenvalue weighted by molar-refractivity contribution is -0.163. The fourth-order valence-electron chi connectivity index (χ4n) is 1.85. The first-order chi connectivity index (χ1) is 10.2. The molecule has 0 spiro atoms. The molecule has 0 fully saturated rings. The molecule has 2 rings (SSSR count). The van der Waals surface area contributed by atoms with Crippen molar-refractivity contribution in [3.05, 3.63) is 29.6 Å². The highest BCUT2D eigenvalue weighted by Gasteiger charge is 2.36. The van der Waals surface area contributed by atoms with E-state index >= 15 is 0 Å². The smallest absolute Gasteiger partial charge is 0.335 e. The summed E-state index contributed by atoms with van der Waals surface area (Å²) >= 11 is 0. The summed E-state index contributed by atoms with van der Waals surface area (Å²) in [5.41, 5.74) is -0.0261. The molecule has 0 saturated carbocycles. The summed E-state index contributed by atoms with van der Waals surface area (Å²) in [5, 5.41) is 46.6. The molecule has 0 aliphatic carbocycles. The van der Waals surface area contributed by atoms with Crippen LogP contribution in [0.3, 0.4) is 0 Å². The van der Waals surface area contributed by atoms with Crippen molar-refractivity contribution in [3.63, 3.8) is 0 Å². The van der Waals surface area contributed by atoms with Gasteiger partial charge in [0.1, 0.15) is 24.1 Å². The Morgan fingerprint density at radius 3 is 2.27 bits per heavy atom. The van der Waals surface area contributed by atoms with E-state index in [9.17, 15) is 28.9 Å². The number of halogens is 2. The first-order valence-electron chi connectivity index (χ1n) is 6.02. The molecule has 8 nitrogen and oxygen atoms in total. The van der Waals surface area contributed by atoms with Gasteiger partial charge < -0.3 is 30.5 Å². The van der Waals surface area contributed by atoms with Gasteiger partial charge in [-0.05, 0) is 0 Å². The lowest BCUT2D eigenvalue weighted by Crippen LogP contribution is -2.45. The van der Waals surface area contributed by atoms with Crippen LogP contribution >= 0.6 is 0 Å². The van der Waals surface area contributed by atoms with Gasteiger partial charge in [-0.25, -0.2) is 18.6 Å². The number of rotatable bonds is 5. The zero-order valence-electron chi connectivity index (χ0n) is 10.8. The summed E-state index contributed by atoms with van der Waals surface area (Å²) in [6.45, 7) is 0. The highest BCUT2D eigenvalue weighted by Crippen LogP contribution is 2.23. The van der Waals surface area contributed by atoms with E-state index in [1.54, 1.807) is 0 Å². The van der Waals surface area contributed by atoms with Crippen LogP contribution in [0, 0.1) is 11.6 Å². The number of aliphatic hydroxyl groups is 4. The Kier molecular flexibility index (Phi) is 4.37. The Hall–Kier alpha value is -2.14. The number of hydrogen-bond acceptors (Lipinski definition) is 6. The number of H-pyrrole nitrogens is 1. The standard InChI is InChI=1S/C12H12F2N2O6/c13-3-1-5-6(2-4(3)14)16-11(15-5)9(19)7(17)8(18)10(20)12(21)22/h1-2,7-10,17-20H,(H,15,16)(H,21,22)/t7-,8+,9?,10?/m0/s1. The van der Waals surface area contributed by atoms with Gasteiger partial charge >= 0.3 is 5.97 Å². The van der Waals surface area contributed by atoms with Gasteiger partial charge in [-0.15, -0.1) is 0 Å². The first kappa shape index (κ1) is 16.2. The van der Waals surface area contributed by atoms with E-state index in [2.05, 4.69) is 9.97 Å². The number of carboxylic acids is 1. The Morgan fingerprint density at radius 1 is 1.09 bits per heavy atom. The third kappa shape index (κ3) is 2.90. The summed E-state index contributed by atoms with van der Waals surface area (Å²) in [6.07, 6.45) is -8.54. The zero-order chi connectivity index (χ0) is 16.6. The Bertz CT molecular complexity index is 667. The van der Waals surface area contributed by atoms with Crippen LogP contribution in [0.25, 0.3) is 11.0 Å². The second-order valence-electron chi connectivity index (χ2n) is 4.61. The normalized spacial score (nSPS) is 17.2. The van der Waals surface area contributed by atoms with Gasteiger partial charge in [0.2, 0.25) is 0 Å². The Labute approximate surface area is 121 Å². The number of carboxylic acid groups (broad SMARTS) is 1. The number of aliphatic hydroxyl groups excluding tert-OH is 4. The first-order valence-corrected chi connectivity index (χ1v) is 6.02. The SMILES string of the molecule is O=C(O)C(O)[C@H](O)[C@H](O)C(O)c1nc2cc(F)c(F)cc2[nH]1. The summed E-state index contributed by atoms with van der Waals surface area (Å²) in [5.74, 6) is -4.47. The van der Waals surface area contributed by atoms with Crippen molar-refractivity contribution < 1.29 is 39.1 Å². The van der Waals surface area contributed by atoms with E-state index in [0.717, 1.165) is 12.1 Å². The maximum Gasteiger partial charge on any atom is 0.335 e. The molecule has 0 radical (unpaired) electrons. The highest BCUT2D eigenvalue weighted by molar-refractivity contribution is 5.75. The van der Waals surface area contributed by atoms with Crippen LogP contribution in [0.15, 0.2) is 12.1 Å². The molecular weight excluding hydrogens is 306 g/mol. The van der Waals surface area contributed by atoms with Crippen molar-refractivity contribution in [1.29, 1.82) is 0 Å². The third-order valence-corrected chi connectivity index (χ3v) is 3.07. The quantitative estimate of drug-likeness (QED) is 0.416. The van der Waals surface area contributed by atoms with E-state index in [1.165, 1.54) is 0 Å². The summed E-state index contributed by atoms with van der Waals surface area (Å²) in [7, 11) is 0. The molecule has 2 aromatic rings. The number of carbonyl (C=O) groups is 1. The molecule has 22 heavy (non-hydrogen) atoms. The monoisotopic (exact) mass is 318 g/mol. The maximum absolute atomic E-state index is 13.1. The number of hydrogen-bond donors (Lipinski definition) is 6. The van der Waals surface area contributed by atoms with E-state index < -0.39 is 42.0 Å². The molecule has 10 heteroatoms. The van der Waals surface area contributed by atoms with E-state index in [0.29, 0.717) is 0 Å². The molecule has 0 bridgehead atoms. The van der Waals surface area contributed by atoms with Crippen molar-refractivity contribution in [1.82, 2.24) is 9.97 Å². The van der Waals surface area contributed by atoms with Crippen molar-refractivity contribution in [2.24, 2.45) is 0 Å². The molecule has 120 valence electrons. The van der Waals surface area contributed by atoms with Crippen LogP contribution in [-0.2, 0) is 4.79 Å². The molecule has 1 aromatic carbocycles. The second kappa shape index (κ2) is 5.93. The maximum atomic E-state index is 13.1. The van der Waals surface area contributed by atoms with Crippen molar-refractivity contribution in [2.45, 2.75) is 24.4 Å². The number of benzene rings is 1. The third-order valence-electron chi connectivity index (χ3n) is 3.07.